The Morgan fingerprint density at radius 1 is 1.09 bits per heavy atom. The SMILES string of the molecule is CCOc1cc(Cl)ccc1S(=O)(=O)c1ccc(CCC(=O)c2ccc3nccn3c2)cc1. The van der Waals surface area contributed by atoms with Crippen LogP contribution in [0.1, 0.15) is 29.3 Å². The molecule has 4 rings (SSSR count). The van der Waals surface area contributed by atoms with Gasteiger partial charge in [-0.3, -0.25) is 4.79 Å². The molecule has 0 saturated heterocycles. The van der Waals surface area contributed by atoms with Gasteiger partial charge in [-0.15, -0.1) is 0 Å². The van der Waals surface area contributed by atoms with E-state index in [-0.39, 0.29) is 21.3 Å². The molecule has 0 N–H and O–H groups in total. The minimum Gasteiger partial charge on any atom is -0.492 e. The van der Waals surface area contributed by atoms with E-state index in [0.717, 1.165) is 11.2 Å². The van der Waals surface area contributed by atoms with Gasteiger partial charge in [0.1, 0.15) is 16.3 Å². The number of fused-ring (bicyclic) bond motifs is 1. The van der Waals surface area contributed by atoms with Gasteiger partial charge in [-0.2, -0.15) is 0 Å². The number of pyridine rings is 1. The first-order valence-corrected chi connectivity index (χ1v) is 12.0. The number of carbonyl (C=O) groups excluding carboxylic acids is 1. The van der Waals surface area contributed by atoms with Gasteiger partial charge in [0, 0.05) is 41.7 Å². The van der Waals surface area contributed by atoms with E-state index in [0.29, 0.717) is 30.0 Å². The number of hydrogen-bond donors (Lipinski definition) is 0. The fourth-order valence-corrected chi connectivity index (χ4v) is 4.96. The number of ether oxygens (including phenoxy) is 1. The summed E-state index contributed by atoms with van der Waals surface area (Å²) in [5.74, 6) is 0.240. The van der Waals surface area contributed by atoms with E-state index in [2.05, 4.69) is 4.98 Å². The van der Waals surface area contributed by atoms with Crippen molar-refractivity contribution in [3.63, 3.8) is 0 Å². The highest BCUT2D eigenvalue weighted by molar-refractivity contribution is 7.91. The monoisotopic (exact) mass is 468 g/mol. The third-order valence-corrected chi connectivity index (χ3v) is 7.12. The molecule has 0 atom stereocenters. The van der Waals surface area contributed by atoms with Crippen LogP contribution in [0.3, 0.4) is 0 Å². The van der Waals surface area contributed by atoms with E-state index in [1.165, 1.54) is 18.2 Å². The summed E-state index contributed by atoms with van der Waals surface area (Å²) >= 11 is 5.99. The van der Waals surface area contributed by atoms with Crippen LogP contribution in [0.15, 0.2) is 83.0 Å². The lowest BCUT2D eigenvalue weighted by Crippen LogP contribution is -2.06. The molecule has 0 aliphatic carbocycles. The summed E-state index contributed by atoms with van der Waals surface area (Å²) in [7, 11) is -3.77. The van der Waals surface area contributed by atoms with Crippen LogP contribution >= 0.6 is 11.6 Å². The van der Waals surface area contributed by atoms with Gasteiger partial charge in [-0.25, -0.2) is 13.4 Å². The van der Waals surface area contributed by atoms with Crippen molar-refractivity contribution in [2.24, 2.45) is 0 Å². The summed E-state index contributed by atoms with van der Waals surface area (Å²) in [5.41, 5.74) is 2.27. The summed E-state index contributed by atoms with van der Waals surface area (Å²) in [6.45, 7) is 2.10. The molecule has 0 aliphatic rings. The number of benzene rings is 2. The number of ketones is 1. The van der Waals surface area contributed by atoms with Crippen LogP contribution in [0.4, 0.5) is 0 Å². The highest BCUT2D eigenvalue weighted by atomic mass is 35.5. The minimum absolute atomic E-state index is 0.0137. The lowest BCUT2D eigenvalue weighted by atomic mass is 10.0. The van der Waals surface area contributed by atoms with Crippen molar-refractivity contribution >= 4 is 32.9 Å². The van der Waals surface area contributed by atoms with Crippen LogP contribution in [0.25, 0.3) is 5.65 Å². The van der Waals surface area contributed by atoms with E-state index in [4.69, 9.17) is 16.3 Å². The van der Waals surface area contributed by atoms with Gasteiger partial charge in [-0.1, -0.05) is 23.7 Å². The lowest BCUT2D eigenvalue weighted by molar-refractivity contribution is 0.0982. The summed E-state index contributed by atoms with van der Waals surface area (Å²) in [6, 6.07) is 14.6. The highest BCUT2D eigenvalue weighted by Gasteiger charge is 2.22. The molecule has 4 aromatic rings. The number of sulfone groups is 1. The minimum atomic E-state index is -3.77. The molecule has 0 saturated carbocycles. The number of nitrogens with zero attached hydrogens (tertiary/aromatic N) is 2. The van der Waals surface area contributed by atoms with Crippen molar-refractivity contribution < 1.29 is 17.9 Å². The van der Waals surface area contributed by atoms with Crippen LogP contribution in [-0.4, -0.2) is 30.2 Å². The fraction of sp³-hybridized carbons (Fsp3) is 0.167. The molecule has 0 aliphatic heterocycles. The average Bonchev–Trinajstić information content (AvgIpc) is 3.26. The molecule has 2 aromatic carbocycles. The molecule has 2 aromatic heterocycles. The van der Waals surface area contributed by atoms with E-state index < -0.39 is 9.84 Å². The zero-order valence-electron chi connectivity index (χ0n) is 17.4. The largest absolute Gasteiger partial charge is 0.492 e. The van der Waals surface area contributed by atoms with Crippen molar-refractivity contribution in [1.82, 2.24) is 9.38 Å². The maximum absolute atomic E-state index is 13.1. The molecule has 0 radical (unpaired) electrons. The maximum atomic E-state index is 13.1. The second-order valence-corrected chi connectivity index (χ2v) is 9.56. The molecule has 32 heavy (non-hydrogen) atoms. The summed E-state index contributed by atoms with van der Waals surface area (Å²) < 4.78 is 33.5. The Labute approximate surface area is 191 Å². The Kier molecular flexibility index (Phi) is 6.30. The lowest BCUT2D eigenvalue weighted by Gasteiger charge is -2.12. The predicted molar refractivity (Wildman–Crippen MR) is 122 cm³/mol. The Hall–Kier alpha value is -3.16. The van der Waals surface area contributed by atoms with E-state index in [9.17, 15) is 13.2 Å². The number of aryl methyl sites for hydroxylation is 1. The first-order valence-electron chi connectivity index (χ1n) is 10.1. The number of Topliss-reactive ketones (excluding diaryl/α,β-unsaturated/α-hetero) is 1. The topological polar surface area (TPSA) is 77.7 Å². The number of carbonyl (C=O) groups is 1. The van der Waals surface area contributed by atoms with E-state index in [1.54, 1.807) is 66.3 Å². The highest BCUT2D eigenvalue weighted by Crippen LogP contribution is 2.32. The number of hydrogen-bond acceptors (Lipinski definition) is 5. The first-order chi connectivity index (χ1) is 15.4. The van der Waals surface area contributed by atoms with Crippen LogP contribution in [0.2, 0.25) is 5.02 Å². The maximum Gasteiger partial charge on any atom is 0.210 e. The normalized spacial score (nSPS) is 11.6. The first kappa shape index (κ1) is 22.0. The standard InChI is InChI=1S/C24H21ClN2O4S/c1-2-31-22-15-19(25)7-11-23(22)32(29,30)20-8-3-17(4-9-20)5-10-21(28)18-6-12-24-26-13-14-27(24)16-18/h3-4,6-9,11-16H,2,5,10H2,1H3. The van der Waals surface area contributed by atoms with Crippen molar-refractivity contribution in [3.05, 3.63) is 89.3 Å². The molecule has 6 nitrogen and oxygen atoms in total. The Morgan fingerprint density at radius 2 is 1.88 bits per heavy atom. The number of aromatic nitrogens is 2. The van der Waals surface area contributed by atoms with Gasteiger partial charge in [0.15, 0.2) is 5.78 Å². The third kappa shape index (κ3) is 4.54. The Balaban J connectivity index is 1.48. The number of rotatable bonds is 8. The van der Waals surface area contributed by atoms with Gasteiger partial charge in [-0.05, 0) is 55.3 Å². The summed E-state index contributed by atoms with van der Waals surface area (Å²) in [6.07, 6.45) is 6.07. The van der Waals surface area contributed by atoms with Crippen molar-refractivity contribution in [3.8, 4) is 5.75 Å². The zero-order valence-corrected chi connectivity index (χ0v) is 18.9. The molecular weight excluding hydrogens is 448 g/mol. The van der Waals surface area contributed by atoms with Crippen LogP contribution < -0.4 is 4.74 Å². The van der Waals surface area contributed by atoms with Crippen LogP contribution in [-0.2, 0) is 16.3 Å². The van der Waals surface area contributed by atoms with Gasteiger partial charge in [0.25, 0.3) is 0 Å². The molecule has 0 fully saturated rings. The zero-order chi connectivity index (χ0) is 22.7. The molecule has 0 bridgehead atoms. The quantitative estimate of drug-likeness (QED) is 0.339. The van der Waals surface area contributed by atoms with Crippen molar-refractivity contribution in [2.45, 2.75) is 29.6 Å². The molecule has 0 unspecified atom stereocenters. The van der Waals surface area contributed by atoms with Gasteiger partial charge < -0.3 is 9.14 Å². The van der Waals surface area contributed by atoms with Crippen molar-refractivity contribution in [2.75, 3.05) is 6.61 Å². The number of halogens is 1. The van der Waals surface area contributed by atoms with Crippen molar-refractivity contribution in [1.29, 1.82) is 0 Å². The molecule has 2 heterocycles. The summed E-state index contributed by atoms with van der Waals surface area (Å²) in [5, 5.41) is 0.402. The predicted octanol–water partition coefficient (Wildman–Crippen LogP) is 5.03. The smallest absolute Gasteiger partial charge is 0.210 e. The van der Waals surface area contributed by atoms with Crippen LogP contribution in [0, 0.1) is 0 Å². The second kappa shape index (κ2) is 9.14. The van der Waals surface area contributed by atoms with E-state index in [1.807, 2.05) is 0 Å². The average molecular weight is 469 g/mol. The molecule has 0 spiro atoms. The summed E-state index contributed by atoms with van der Waals surface area (Å²) in [4.78, 5) is 17.0. The fourth-order valence-electron chi connectivity index (χ4n) is 3.42. The second-order valence-electron chi connectivity index (χ2n) is 7.21. The molecule has 0 amide bonds. The Morgan fingerprint density at radius 3 is 2.62 bits per heavy atom. The van der Waals surface area contributed by atoms with Crippen LogP contribution in [0.5, 0.6) is 5.75 Å². The number of imidazole rings is 1. The van der Waals surface area contributed by atoms with Gasteiger partial charge >= 0.3 is 0 Å². The van der Waals surface area contributed by atoms with Gasteiger partial charge in [0.2, 0.25) is 9.84 Å². The Bertz CT molecular complexity index is 1380. The van der Waals surface area contributed by atoms with E-state index >= 15 is 0 Å². The third-order valence-electron chi connectivity index (χ3n) is 5.08. The molecular formula is C24H21ClN2O4S. The molecule has 8 heteroatoms. The van der Waals surface area contributed by atoms with Gasteiger partial charge in [0.05, 0.1) is 11.5 Å². The molecule has 164 valence electrons.